The van der Waals surface area contributed by atoms with Gasteiger partial charge < -0.3 is 4.90 Å². The topological polar surface area (TPSA) is 76.3 Å². The Hall–Kier alpha value is -1.99. The summed E-state index contributed by atoms with van der Waals surface area (Å²) in [7, 11) is 0. The van der Waals surface area contributed by atoms with Crippen molar-refractivity contribution in [1.82, 2.24) is 9.88 Å². The molecule has 0 radical (unpaired) electrons. The van der Waals surface area contributed by atoms with Gasteiger partial charge in [-0.3, -0.25) is 14.9 Å². The Labute approximate surface area is 167 Å². The molecule has 1 saturated heterocycles. The van der Waals surface area contributed by atoms with E-state index in [0.717, 1.165) is 23.5 Å². The molecule has 1 fully saturated rings. The largest absolute Gasteiger partial charge is 0.339 e. The number of nitrogens with zero attached hydrogens (tertiary/aromatic N) is 3. The molecular formula is C19H22ClN3O3S. The second kappa shape index (κ2) is 7.56. The van der Waals surface area contributed by atoms with Crippen LogP contribution < -0.4 is 0 Å². The zero-order valence-corrected chi connectivity index (χ0v) is 17.1. The van der Waals surface area contributed by atoms with Crippen LogP contribution in [-0.4, -0.2) is 33.8 Å². The Morgan fingerprint density at radius 1 is 1.33 bits per heavy atom. The third-order valence-electron chi connectivity index (χ3n) is 4.83. The Kier molecular flexibility index (Phi) is 5.53. The van der Waals surface area contributed by atoms with Gasteiger partial charge in [-0.15, -0.1) is 11.3 Å². The third-order valence-corrected chi connectivity index (χ3v) is 6.23. The lowest BCUT2D eigenvalue weighted by molar-refractivity contribution is -0.384. The van der Waals surface area contributed by atoms with Gasteiger partial charge >= 0.3 is 0 Å². The predicted molar refractivity (Wildman–Crippen MR) is 107 cm³/mol. The highest BCUT2D eigenvalue weighted by Gasteiger charge is 2.29. The van der Waals surface area contributed by atoms with Crippen molar-refractivity contribution < 1.29 is 9.72 Å². The normalized spacial score (nSPS) is 15.8. The van der Waals surface area contributed by atoms with Crippen LogP contribution in [0.3, 0.4) is 0 Å². The molecule has 1 aromatic heterocycles. The number of nitro benzene ring substituents is 1. The Bertz CT molecular complexity index is 867. The minimum atomic E-state index is -0.569. The summed E-state index contributed by atoms with van der Waals surface area (Å²) in [5, 5.41) is 14.2. The molecule has 0 spiro atoms. The van der Waals surface area contributed by atoms with Crippen LogP contribution in [0.1, 0.15) is 60.6 Å². The second-order valence-corrected chi connectivity index (χ2v) is 9.05. The summed E-state index contributed by atoms with van der Waals surface area (Å²) in [4.78, 5) is 29.8. The molecular weight excluding hydrogens is 386 g/mol. The van der Waals surface area contributed by atoms with E-state index in [-0.39, 0.29) is 27.6 Å². The molecule has 0 saturated carbocycles. The van der Waals surface area contributed by atoms with Crippen LogP contribution in [-0.2, 0) is 5.41 Å². The predicted octanol–water partition coefficient (Wildman–Crippen LogP) is 5.02. The maximum atomic E-state index is 12.8. The summed E-state index contributed by atoms with van der Waals surface area (Å²) in [5.74, 6) is 0.0902. The number of thiazole rings is 1. The number of nitro groups is 1. The van der Waals surface area contributed by atoms with E-state index >= 15 is 0 Å². The van der Waals surface area contributed by atoms with Crippen LogP contribution in [0.4, 0.5) is 5.69 Å². The number of rotatable bonds is 3. The van der Waals surface area contributed by atoms with E-state index in [9.17, 15) is 14.9 Å². The van der Waals surface area contributed by atoms with E-state index < -0.39 is 4.92 Å². The van der Waals surface area contributed by atoms with Crippen molar-refractivity contribution in [3.63, 3.8) is 0 Å². The molecule has 27 heavy (non-hydrogen) atoms. The molecule has 3 rings (SSSR count). The van der Waals surface area contributed by atoms with Gasteiger partial charge in [-0.1, -0.05) is 38.4 Å². The van der Waals surface area contributed by atoms with E-state index in [0.29, 0.717) is 19.0 Å². The number of halogens is 1. The molecule has 0 unspecified atom stereocenters. The molecule has 0 bridgehead atoms. The van der Waals surface area contributed by atoms with Crippen LogP contribution in [0.5, 0.6) is 0 Å². The van der Waals surface area contributed by atoms with Crippen LogP contribution in [0.25, 0.3) is 0 Å². The lowest BCUT2D eigenvalue weighted by atomic mass is 9.93. The molecule has 0 atom stereocenters. The van der Waals surface area contributed by atoms with Gasteiger partial charge in [0.25, 0.3) is 11.6 Å². The van der Waals surface area contributed by atoms with Gasteiger partial charge in [0.2, 0.25) is 0 Å². The summed E-state index contributed by atoms with van der Waals surface area (Å²) < 4.78 is 0. The van der Waals surface area contributed by atoms with Gasteiger partial charge in [-0.05, 0) is 18.9 Å². The third kappa shape index (κ3) is 4.14. The SMILES string of the molecule is CC(C)(C)c1csc(C2CCN(C(=O)c3cccc([N+](=O)[O-])c3Cl)CC2)n1. The molecule has 144 valence electrons. The Morgan fingerprint density at radius 2 is 2.00 bits per heavy atom. The highest BCUT2D eigenvalue weighted by atomic mass is 35.5. The average Bonchev–Trinajstić information content (AvgIpc) is 3.12. The fraction of sp³-hybridized carbons (Fsp3) is 0.474. The number of hydrogen-bond donors (Lipinski definition) is 0. The summed E-state index contributed by atoms with van der Waals surface area (Å²) in [5.41, 5.74) is 1.08. The van der Waals surface area contributed by atoms with E-state index in [1.807, 2.05) is 0 Å². The lowest BCUT2D eigenvalue weighted by Gasteiger charge is -2.31. The van der Waals surface area contributed by atoms with Gasteiger partial charge in [0, 0.05) is 35.9 Å². The van der Waals surface area contributed by atoms with Crippen LogP contribution in [0.2, 0.25) is 5.02 Å². The first kappa shape index (κ1) is 19.8. The Balaban J connectivity index is 1.69. The molecule has 0 aliphatic carbocycles. The molecule has 6 nitrogen and oxygen atoms in total. The highest BCUT2D eigenvalue weighted by molar-refractivity contribution is 7.09. The zero-order chi connectivity index (χ0) is 19.8. The second-order valence-electron chi connectivity index (χ2n) is 7.78. The van der Waals surface area contributed by atoms with Crippen molar-refractivity contribution in [3.8, 4) is 0 Å². The number of carbonyl (C=O) groups excluding carboxylic acids is 1. The molecule has 1 aliphatic heterocycles. The number of hydrogen-bond acceptors (Lipinski definition) is 5. The number of likely N-dealkylation sites (tertiary alicyclic amines) is 1. The van der Waals surface area contributed by atoms with Crippen molar-refractivity contribution in [2.45, 2.75) is 44.9 Å². The number of aromatic nitrogens is 1. The van der Waals surface area contributed by atoms with E-state index in [4.69, 9.17) is 16.6 Å². The maximum absolute atomic E-state index is 12.8. The molecule has 1 aliphatic rings. The number of benzene rings is 1. The zero-order valence-electron chi connectivity index (χ0n) is 15.6. The first-order valence-electron chi connectivity index (χ1n) is 8.86. The minimum absolute atomic E-state index is 0.0319. The standard InChI is InChI=1S/C19H22ClN3O3S/c1-19(2,3)15-11-27-17(21-15)12-7-9-22(10-8-12)18(24)13-5-4-6-14(16(13)20)23(25)26/h4-6,11-12H,7-10H2,1-3H3. The smallest absolute Gasteiger partial charge is 0.288 e. The molecule has 1 amide bonds. The van der Waals surface area contributed by atoms with E-state index in [1.54, 1.807) is 22.3 Å². The summed E-state index contributed by atoms with van der Waals surface area (Å²) in [6, 6.07) is 4.34. The summed E-state index contributed by atoms with van der Waals surface area (Å²) in [6.07, 6.45) is 1.66. The lowest BCUT2D eigenvalue weighted by Crippen LogP contribution is -2.38. The van der Waals surface area contributed by atoms with Gasteiger partial charge in [-0.25, -0.2) is 4.98 Å². The average molecular weight is 408 g/mol. The molecule has 2 aromatic rings. The van der Waals surface area contributed by atoms with E-state index in [1.165, 1.54) is 12.1 Å². The molecule has 2 heterocycles. The van der Waals surface area contributed by atoms with Crippen molar-refractivity contribution in [2.24, 2.45) is 0 Å². The maximum Gasteiger partial charge on any atom is 0.288 e. The minimum Gasteiger partial charge on any atom is -0.339 e. The highest BCUT2D eigenvalue weighted by Crippen LogP contribution is 2.34. The first-order chi connectivity index (χ1) is 12.7. The number of piperidine rings is 1. The van der Waals surface area contributed by atoms with Crippen molar-refractivity contribution in [1.29, 1.82) is 0 Å². The van der Waals surface area contributed by atoms with Crippen LogP contribution >= 0.6 is 22.9 Å². The van der Waals surface area contributed by atoms with Gasteiger partial charge in [0.1, 0.15) is 5.02 Å². The van der Waals surface area contributed by atoms with E-state index in [2.05, 4.69) is 26.2 Å². The quantitative estimate of drug-likeness (QED) is 0.528. The molecule has 8 heteroatoms. The van der Waals surface area contributed by atoms with Gasteiger partial charge in [0.15, 0.2) is 0 Å². The first-order valence-corrected chi connectivity index (χ1v) is 10.1. The van der Waals surface area contributed by atoms with Gasteiger partial charge in [0.05, 0.1) is 21.2 Å². The fourth-order valence-electron chi connectivity index (χ4n) is 3.15. The molecule has 0 N–H and O–H groups in total. The molecule has 1 aromatic carbocycles. The number of carbonyl (C=O) groups is 1. The summed E-state index contributed by atoms with van der Waals surface area (Å²) >= 11 is 7.78. The van der Waals surface area contributed by atoms with Crippen molar-refractivity contribution >= 4 is 34.5 Å². The summed E-state index contributed by atoms with van der Waals surface area (Å²) in [6.45, 7) is 7.63. The van der Waals surface area contributed by atoms with Crippen molar-refractivity contribution in [3.05, 3.63) is 55.0 Å². The van der Waals surface area contributed by atoms with Crippen LogP contribution in [0, 0.1) is 10.1 Å². The Morgan fingerprint density at radius 3 is 2.56 bits per heavy atom. The monoisotopic (exact) mass is 407 g/mol. The fourth-order valence-corrected chi connectivity index (χ4v) is 4.64. The van der Waals surface area contributed by atoms with Crippen LogP contribution in [0.15, 0.2) is 23.6 Å². The number of amides is 1. The van der Waals surface area contributed by atoms with Crippen molar-refractivity contribution in [2.75, 3.05) is 13.1 Å². The van der Waals surface area contributed by atoms with Gasteiger partial charge in [-0.2, -0.15) is 0 Å².